The number of nitrogens with one attached hydrogen (secondary N) is 1. The largest absolute Gasteiger partial charge is 0.506 e. The van der Waals surface area contributed by atoms with Crippen molar-refractivity contribution >= 4 is 17.3 Å². The van der Waals surface area contributed by atoms with E-state index in [0.717, 1.165) is 48.4 Å². The summed E-state index contributed by atoms with van der Waals surface area (Å²) in [5, 5.41) is 13.2. The Hall–Kier alpha value is -2.66. The molecular weight excluding hydrogens is 434 g/mol. The van der Waals surface area contributed by atoms with Crippen molar-refractivity contribution in [3.63, 3.8) is 0 Å². The second-order valence-corrected chi connectivity index (χ2v) is 9.12. The summed E-state index contributed by atoms with van der Waals surface area (Å²) >= 11 is 5.92. The van der Waals surface area contributed by atoms with Crippen molar-refractivity contribution in [1.29, 1.82) is 0 Å². The Labute approximate surface area is 202 Å². The van der Waals surface area contributed by atoms with Gasteiger partial charge in [0, 0.05) is 30.5 Å². The second kappa shape index (κ2) is 12.5. The van der Waals surface area contributed by atoms with Crippen LogP contribution < -0.4 is 10.9 Å². The van der Waals surface area contributed by atoms with E-state index in [0.29, 0.717) is 5.02 Å². The quantitative estimate of drug-likeness (QED) is 0.218. The Morgan fingerprint density at radius 2 is 1.55 bits per heavy atom. The maximum Gasteiger partial charge on any atom is 0.274 e. The Balaban J connectivity index is 1.28. The summed E-state index contributed by atoms with van der Waals surface area (Å²) in [6.45, 7) is 2.96. The van der Waals surface area contributed by atoms with Crippen LogP contribution in [0.4, 0.5) is 5.69 Å². The van der Waals surface area contributed by atoms with Gasteiger partial charge in [0.25, 0.3) is 5.56 Å². The average molecular weight is 470 g/mol. The molecule has 6 heteroatoms. The van der Waals surface area contributed by atoms with E-state index in [9.17, 15) is 9.90 Å². The van der Waals surface area contributed by atoms with E-state index < -0.39 is 0 Å². The first-order chi connectivity index (χ1) is 16.0. The van der Waals surface area contributed by atoms with Crippen molar-refractivity contribution in [3.8, 4) is 11.4 Å². The lowest BCUT2D eigenvalue weighted by Crippen LogP contribution is -2.20. The lowest BCUT2D eigenvalue weighted by Gasteiger charge is -2.07. The molecule has 0 spiro atoms. The minimum absolute atomic E-state index is 0.115. The van der Waals surface area contributed by atoms with Crippen molar-refractivity contribution in [1.82, 2.24) is 9.36 Å². The first-order valence-corrected chi connectivity index (χ1v) is 12.4. The van der Waals surface area contributed by atoms with E-state index in [2.05, 4.69) is 5.32 Å². The molecule has 0 bridgehead atoms. The van der Waals surface area contributed by atoms with Crippen molar-refractivity contribution in [2.24, 2.45) is 7.05 Å². The number of hydrogen-bond donors (Lipinski definition) is 2. The molecule has 3 aromatic rings. The van der Waals surface area contributed by atoms with Gasteiger partial charge in [0.1, 0.15) is 5.75 Å². The lowest BCUT2D eigenvalue weighted by atomic mass is 10.0. The zero-order chi connectivity index (χ0) is 23.6. The normalized spacial score (nSPS) is 11.1. The molecule has 0 radical (unpaired) electrons. The highest BCUT2D eigenvalue weighted by molar-refractivity contribution is 6.32. The standard InChI is InChI=1S/C27H36ClN3O2/c1-21-24(27(33)31(30(21)2)23-14-10-9-11-15-23)16-12-7-5-3-4-6-8-13-19-29-22-17-18-26(32)25(28)20-22/h9-11,14-15,17-18,20,29,32H,3-8,12-13,16,19H2,1-2H3. The number of aromatic nitrogens is 2. The fourth-order valence-electron chi connectivity index (χ4n) is 4.25. The van der Waals surface area contributed by atoms with Gasteiger partial charge in [0.2, 0.25) is 0 Å². The molecule has 0 atom stereocenters. The van der Waals surface area contributed by atoms with Gasteiger partial charge in [0.15, 0.2) is 0 Å². The molecule has 178 valence electrons. The molecule has 0 saturated carbocycles. The second-order valence-electron chi connectivity index (χ2n) is 8.71. The van der Waals surface area contributed by atoms with Crippen LogP contribution in [-0.2, 0) is 13.5 Å². The number of benzene rings is 2. The molecule has 33 heavy (non-hydrogen) atoms. The summed E-state index contributed by atoms with van der Waals surface area (Å²) in [6.07, 6.45) is 10.4. The summed E-state index contributed by atoms with van der Waals surface area (Å²) in [5.41, 5.74) is 3.99. The maximum absolute atomic E-state index is 12.9. The predicted octanol–water partition coefficient (Wildman–Crippen LogP) is 6.62. The van der Waals surface area contributed by atoms with Gasteiger partial charge in [-0.2, -0.15) is 0 Å². The minimum atomic E-state index is 0.115. The number of unbranched alkanes of at least 4 members (excludes halogenated alkanes) is 7. The van der Waals surface area contributed by atoms with Crippen LogP contribution in [0.3, 0.4) is 0 Å². The smallest absolute Gasteiger partial charge is 0.274 e. The number of halogens is 1. The van der Waals surface area contributed by atoms with Gasteiger partial charge < -0.3 is 10.4 Å². The van der Waals surface area contributed by atoms with Gasteiger partial charge >= 0.3 is 0 Å². The van der Waals surface area contributed by atoms with Gasteiger partial charge in [-0.3, -0.25) is 9.48 Å². The monoisotopic (exact) mass is 469 g/mol. The number of phenols is 1. The number of nitrogens with zero attached hydrogens (tertiary/aromatic N) is 2. The Morgan fingerprint density at radius 1 is 0.909 bits per heavy atom. The molecule has 0 saturated heterocycles. The fraction of sp³-hybridized carbons (Fsp3) is 0.444. The van der Waals surface area contributed by atoms with Gasteiger partial charge in [-0.05, 0) is 56.5 Å². The lowest BCUT2D eigenvalue weighted by molar-refractivity contribution is 0.475. The first-order valence-electron chi connectivity index (χ1n) is 12.0. The molecule has 0 fully saturated rings. The average Bonchev–Trinajstić information content (AvgIpc) is 3.03. The number of anilines is 1. The molecule has 1 heterocycles. The van der Waals surface area contributed by atoms with E-state index in [1.54, 1.807) is 16.8 Å². The highest BCUT2D eigenvalue weighted by atomic mass is 35.5. The molecule has 5 nitrogen and oxygen atoms in total. The third-order valence-electron chi connectivity index (χ3n) is 6.30. The number of phenolic OH excluding ortho intramolecular Hbond substituents is 1. The van der Waals surface area contributed by atoms with Crippen LogP contribution in [0.2, 0.25) is 5.02 Å². The zero-order valence-electron chi connectivity index (χ0n) is 19.8. The highest BCUT2D eigenvalue weighted by Crippen LogP contribution is 2.26. The third-order valence-corrected chi connectivity index (χ3v) is 6.61. The molecule has 0 aliphatic heterocycles. The molecule has 1 aromatic heterocycles. The van der Waals surface area contributed by atoms with Crippen LogP contribution in [0.25, 0.3) is 5.69 Å². The van der Waals surface area contributed by atoms with Gasteiger partial charge in [-0.25, -0.2) is 4.68 Å². The molecule has 2 N–H and O–H groups in total. The fourth-order valence-corrected chi connectivity index (χ4v) is 4.43. The summed E-state index contributed by atoms with van der Waals surface area (Å²) in [7, 11) is 1.96. The number of aromatic hydroxyl groups is 1. The molecule has 0 unspecified atom stereocenters. The molecule has 2 aromatic carbocycles. The number of rotatable bonds is 13. The molecule has 3 rings (SSSR count). The number of para-hydroxylation sites is 1. The van der Waals surface area contributed by atoms with Crippen LogP contribution in [-0.4, -0.2) is 21.0 Å². The van der Waals surface area contributed by atoms with E-state index >= 15 is 0 Å². The van der Waals surface area contributed by atoms with E-state index in [1.165, 1.54) is 38.5 Å². The molecule has 0 aliphatic carbocycles. The molecule has 0 amide bonds. The van der Waals surface area contributed by atoms with Crippen molar-refractivity contribution in [2.75, 3.05) is 11.9 Å². The topological polar surface area (TPSA) is 59.2 Å². The first kappa shape index (κ1) is 25.0. The van der Waals surface area contributed by atoms with Crippen LogP contribution in [0.5, 0.6) is 5.75 Å². The van der Waals surface area contributed by atoms with Crippen LogP contribution in [0.15, 0.2) is 53.3 Å². The minimum Gasteiger partial charge on any atom is -0.506 e. The third kappa shape index (κ3) is 6.91. The molecular formula is C27H36ClN3O2. The summed E-state index contributed by atoms with van der Waals surface area (Å²) < 4.78 is 3.74. The highest BCUT2D eigenvalue weighted by Gasteiger charge is 2.15. The van der Waals surface area contributed by atoms with Gasteiger partial charge in [0.05, 0.1) is 10.7 Å². The van der Waals surface area contributed by atoms with Gasteiger partial charge in [-0.15, -0.1) is 0 Å². The van der Waals surface area contributed by atoms with E-state index in [1.807, 2.05) is 55.1 Å². The summed E-state index contributed by atoms with van der Waals surface area (Å²) in [6, 6.07) is 15.1. The predicted molar refractivity (Wildman–Crippen MR) is 138 cm³/mol. The Kier molecular flexibility index (Phi) is 9.49. The van der Waals surface area contributed by atoms with E-state index in [4.69, 9.17) is 11.6 Å². The van der Waals surface area contributed by atoms with E-state index in [-0.39, 0.29) is 11.3 Å². The summed E-state index contributed by atoms with van der Waals surface area (Å²) in [4.78, 5) is 12.9. The SMILES string of the molecule is Cc1c(CCCCCCCCCCNc2ccc(O)c(Cl)c2)c(=O)n(-c2ccccc2)n1C. The summed E-state index contributed by atoms with van der Waals surface area (Å²) in [5.74, 6) is 0.116. The zero-order valence-corrected chi connectivity index (χ0v) is 20.6. The van der Waals surface area contributed by atoms with Crippen molar-refractivity contribution < 1.29 is 5.11 Å². The maximum atomic E-state index is 12.9. The van der Waals surface area contributed by atoms with Crippen LogP contribution in [0.1, 0.15) is 62.6 Å². The van der Waals surface area contributed by atoms with Crippen molar-refractivity contribution in [2.45, 2.75) is 64.7 Å². The Morgan fingerprint density at radius 3 is 2.21 bits per heavy atom. The number of hydrogen-bond acceptors (Lipinski definition) is 3. The Bertz CT molecular complexity index is 1070. The van der Waals surface area contributed by atoms with Crippen molar-refractivity contribution in [3.05, 3.63) is 75.2 Å². The van der Waals surface area contributed by atoms with Crippen LogP contribution in [0, 0.1) is 6.92 Å². The van der Waals surface area contributed by atoms with Crippen LogP contribution >= 0.6 is 11.6 Å². The van der Waals surface area contributed by atoms with Gasteiger partial charge in [-0.1, -0.05) is 68.3 Å². The molecule has 0 aliphatic rings.